The normalized spacial score (nSPS) is 14.8. The van der Waals surface area contributed by atoms with Crippen LogP contribution in [0.25, 0.3) is 0 Å². The second kappa shape index (κ2) is 7.81. The van der Waals surface area contributed by atoms with E-state index in [1.54, 1.807) is 0 Å². The molecule has 1 saturated carbocycles. The molecule has 3 nitrogen and oxygen atoms in total. The van der Waals surface area contributed by atoms with Crippen molar-refractivity contribution in [3.05, 3.63) is 23.8 Å². The molecule has 1 fully saturated rings. The lowest BCUT2D eigenvalue weighted by Crippen LogP contribution is -2.39. The molecule has 0 radical (unpaired) electrons. The highest BCUT2D eigenvalue weighted by Crippen LogP contribution is 2.29. The summed E-state index contributed by atoms with van der Waals surface area (Å²) in [6.45, 7) is 7.67. The second-order valence-corrected chi connectivity index (χ2v) is 7.09. The van der Waals surface area contributed by atoms with Crippen molar-refractivity contribution < 1.29 is 13.6 Å². The van der Waals surface area contributed by atoms with Crippen molar-refractivity contribution in [2.75, 3.05) is 13.2 Å². The lowest BCUT2D eigenvalue weighted by Gasteiger charge is -2.20. The number of rotatable bonds is 9. The Bertz CT molecular complexity index is 412. The zero-order chi connectivity index (χ0) is 14.4. The summed E-state index contributed by atoms with van der Waals surface area (Å²) in [6, 6.07) is 6.33. The first-order chi connectivity index (χ1) is 9.80. The van der Waals surface area contributed by atoms with Gasteiger partial charge in [0.25, 0.3) is 0 Å². The van der Waals surface area contributed by atoms with Gasteiger partial charge in [-0.3, -0.25) is 0 Å². The molecule has 20 heavy (non-hydrogen) atoms. The minimum Gasteiger partial charge on any atom is -0.490 e. The van der Waals surface area contributed by atoms with Crippen molar-refractivity contribution in [2.45, 2.75) is 52.6 Å². The van der Waals surface area contributed by atoms with Crippen LogP contribution < -0.4 is 9.92 Å². The first-order valence-electron chi connectivity index (χ1n) is 7.81. The topological polar surface area (TPSA) is 27.7 Å². The van der Waals surface area contributed by atoms with Gasteiger partial charge in [-0.1, -0.05) is 25.5 Å². The van der Waals surface area contributed by atoms with E-state index in [4.69, 9.17) is 13.6 Å². The highest BCUT2D eigenvalue weighted by atomic mass is 28.3. The molecular weight excluding hydrogens is 268 g/mol. The summed E-state index contributed by atoms with van der Waals surface area (Å²) < 4.78 is 17.9. The van der Waals surface area contributed by atoms with Crippen molar-refractivity contribution >= 4 is 14.5 Å². The summed E-state index contributed by atoms with van der Waals surface area (Å²) in [5.74, 6) is 1.05. The van der Waals surface area contributed by atoms with Crippen LogP contribution in [0.1, 0.15) is 45.6 Å². The van der Waals surface area contributed by atoms with Crippen LogP contribution in [0.4, 0.5) is 0 Å². The van der Waals surface area contributed by atoms with Gasteiger partial charge >= 0.3 is 9.28 Å². The maximum absolute atomic E-state index is 6.07. The lowest BCUT2D eigenvalue weighted by atomic mass is 10.1. The summed E-state index contributed by atoms with van der Waals surface area (Å²) in [4.78, 5) is 0. The largest absolute Gasteiger partial charge is 0.490 e. The van der Waals surface area contributed by atoms with Crippen molar-refractivity contribution in [1.29, 1.82) is 0 Å². The van der Waals surface area contributed by atoms with Gasteiger partial charge in [-0.25, -0.2) is 0 Å². The van der Waals surface area contributed by atoms with Gasteiger partial charge in [0, 0.05) is 13.2 Å². The summed E-state index contributed by atoms with van der Waals surface area (Å²) in [5, 5.41) is 1.26. The van der Waals surface area contributed by atoms with E-state index in [-0.39, 0.29) is 0 Å². The van der Waals surface area contributed by atoms with Gasteiger partial charge in [0.05, 0.1) is 6.10 Å². The molecule has 0 atom stereocenters. The first kappa shape index (κ1) is 15.5. The Morgan fingerprint density at radius 2 is 1.80 bits per heavy atom. The highest BCUT2D eigenvalue weighted by molar-refractivity contribution is 6.62. The van der Waals surface area contributed by atoms with Crippen LogP contribution in [-0.4, -0.2) is 28.6 Å². The Morgan fingerprint density at radius 1 is 1.10 bits per heavy atom. The second-order valence-electron chi connectivity index (χ2n) is 5.13. The highest BCUT2D eigenvalue weighted by Gasteiger charge is 2.27. The molecule has 0 aromatic heterocycles. The van der Waals surface area contributed by atoms with Crippen LogP contribution in [0.5, 0.6) is 5.75 Å². The Kier molecular flexibility index (Phi) is 6.07. The smallest absolute Gasteiger partial charge is 0.356 e. The van der Waals surface area contributed by atoms with Crippen LogP contribution >= 0.6 is 0 Å². The van der Waals surface area contributed by atoms with Gasteiger partial charge in [0.15, 0.2) is 0 Å². The van der Waals surface area contributed by atoms with E-state index in [2.05, 4.69) is 25.1 Å². The van der Waals surface area contributed by atoms with Gasteiger partial charge in [0.2, 0.25) is 0 Å². The molecule has 1 aromatic rings. The molecule has 0 N–H and O–H groups in total. The SMILES string of the molecule is CCCc1c(OC2CC2)cccc1[SiH](OCC)OCC. The van der Waals surface area contributed by atoms with E-state index < -0.39 is 9.28 Å². The Hall–Kier alpha value is -0.843. The molecule has 1 aromatic carbocycles. The molecule has 112 valence electrons. The molecule has 1 aliphatic rings. The number of hydrogen-bond donors (Lipinski definition) is 0. The minimum absolute atomic E-state index is 0.431. The van der Waals surface area contributed by atoms with Gasteiger partial charge in [-0.15, -0.1) is 0 Å². The summed E-state index contributed by atoms with van der Waals surface area (Å²) >= 11 is 0. The molecule has 0 aliphatic heterocycles. The zero-order valence-electron chi connectivity index (χ0n) is 12.9. The standard InChI is InChI=1S/C16H26O3Si/c1-4-8-14-15(19-13-11-12-13)9-7-10-16(14)20(17-5-2)18-6-3/h7,9-10,13,20H,4-6,8,11-12H2,1-3H3. The molecule has 0 unspecified atom stereocenters. The van der Waals surface area contributed by atoms with Gasteiger partial charge in [-0.05, 0) is 49.9 Å². The van der Waals surface area contributed by atoms with Gasteiger partial charge < -0.3 is 13.6 Å². The van der Waals surface area contributed by atoms with Crippen LogP contribution in [0.15, 0.2) is 18.2 Å². The van der Waals surface area contributed by atoms with E-state index in [1.807, 2.05) is 13.8 Å². The summed E-state index contributed by atoms with van der Waals surface area (Å²) in [6.07, 6.45) is 4.95. The minimum atomic E-state index is -1.80. The molecule has 4 heteroatoms. The fourth-order valence-electron chi connectivity index (χ4n) is 2.33. The third-order valence-electron chi connectivity index (χ3n) is 3.38. The molecular formula is C16H26O3Si. The molecule has 0 amide bonds. The molecule has 0 bridgehead atoms. The molecule has 0 saturated heterocycles. The van der Waals surface area contributed by atoms with Crippen molar-refractivity contribution in [3.63, 3.8) is 0 Å². The summed E-state index contributed by atoms with van der Waals surface area (Å²) in [7, 11) is -1.80. The number of ether oxygens (including phenoxy) is 1. The van der Waals surface area contributed by atoms with Gasteiger partial charge in [0.1, 0.15) is 5.75 Å². The van der Waals surface area contributed by atoms with Crippen LogP contribution in [0.3, 0.4) is 0 Å². The van der Waals surface area contributed by atoms with Crippen molar-refractivity contribution in [1.82, 2.24) is 0 Å². The van der Waals surface area contributed by atoms with E-state index in [0.717, 1.165) is 18.6 Å². The van der Waals surface area contributed by atoms with Gasteiger partial charge in [-0.2, -0.15) is 0 Å². The predicted molar refractivity (Wildman–Crippen MR) is 84.1 cm³/mol. The Labute approximate surface area is 124 Å². The molecule has 0 spiro atoms. The predicted octanol–water partition coefficient (Wildman–Crippen LogP) is 2.68. The van der Waals surface area contributed by atoms with Crippen molar-refractivity contribution in [2.24, 2.45) is 0 Å². The first-order valence-corrected chi connectivity index (χ1v) is 9.33. The molecule has 0 heterocycles. The molecule has 2 rings (SSSR count). The summed E-state index contributed by atoms with van der Waals surface area (Å²) in [5.41, 5.74) is 1.31. The fourth-order valence-corrected chi connectivity index (χ4v) is 4.23. The van der Waals surface area contributed by atoms with E-state index >= 15 is 0 Å². The number of benzene rings is 1. The van der Waals surface area contributed by atoms with E-state index in [9.17, 15) is 0 Å². The van der Waals surface area contributed by atoms with E-state index in [0.29, 0.717) is 19.3 Å². The van der Waals surface area contributed by atoms with Crippen LogP contribution in [-0.2, 0) is 15.3 Å². The van der Waals surface area contributed by atoms with Crippen molar-refractivity contribution in [3.8, 4) is 5.75 Å². The lowest BCUT2D eigenvalue weighted by molar-refractivity contribution is 0.225. The zero-order valence-corrected chi connectivity index (χ0v) is 14.0. The average molecular weight is 294 g/mol. The maximum Gasteiger partial charge on any atom is 0.356 e. The van der Waals surface area contributed by atoms with E-state index in [1.165, 1.54) is 23.6 Å². The average Bonchev–Trinajstić information content (AvgIpc) is 3.25. The third kappa shape index (κ3) is 4.07. The maximum atomic E-state index is 6.07. The quantitative estimate of drug-likeness (QED) is 0.655. The molecule has 1 aliphatic carbocycles. The third-order valence-corrected chi connectivity index (χ3v) is 5.70. The van der Waals surface area contributed by atoms with Crippen LogP contribution in [0.2, 0.25) is 0 Å². The Balaban J connectivity index is 2.27. The monoisotopic (exact) mass is 294 g/mol. The van der Waals surface area contributed by atoms with Crippen LogP contribution in [0, 0.1) is 0 Å². The Morgan fingerprint density at radius 3 is 2.35 bits per heavy atom. The fraction of sp³-hybridized carbons (Fsp3) is 0.625. The number of hydrogen-bond acceptors (Lipinski definition) is 3.